The van der Waals surface area contributed by atoms with Gasteiger partial charge >= 0.3 is 0 Å². The second kappa shape index (κ2) is 9.51. The standard InChI is InChI=1S/C26H29N5O/c1-32-26(20-6-3-2-4-7-20)21-11-14-30(15-12-21)13-5-8-22-17-27-25-10-9-23(16-24(22)25)31-18-28-29-19-31/h2-4,6-7,9-11,16-19,26-27H,5,8,12-15H2,1H3. The molecular weight excluding hydrogens is 398 g/mol. The number of nitrogens with one attached hydrogen (secondary N) is 1. The summed E-state index contributed by atoms with van der Waals surface area (Å²) in [6.07, 6.45) is 11.3. The molecule has 1 unspecified atom stereocenters. The van der Waals surface area contributed by atoms with Gasteiger partial charge in [-0.2, -0.15) is 0 Å². The zero-order valence-corrected chi connectivity index (χ0v) is 18.4. The molecule has 2 aromatic carbocycles. The largest absolute Gasteiger partial charge is 0.372 e. The fourth-order valence-electron chi connectivity index (χ4n) is 4.66. The number of rotatable bonds is 8. The summed E-state index contributed by atoms with van der Waals surface area (Å²) < 4.78 is 7.76. The third-order valence-electron chi connectivity index (χ3n) is 6.39. The third kappa shape index (κ3) is 4.38. The third-order valence-corrected chi connectivity index (χ3v) is 6.39. The van der Waals surface area contributed by atoms with Gasteiger partial charge < -0.3 is 9.72 Å². The number of hydrogen-bond acceptors (Lipinski definition) is 4. The Morgan fingerprint density at radius 3 is 2.69 bits per heavy atom. The predicted octanol–water partition coefficient (Wildman–Crippen LogP) is 4.70. The molecular formula is C26H29N5O. The van der Waals surface area contributed by atoms with E-state index in [2.05, 4.69) is 80.9 Å². The van der Waals surface area contributed by atoms with E-state index in [4.69, 9.17) is 4.74 Å². The van der Waals surface area contributed by atoms with Crippen molar-refractivity contribution in [1.82, 2.24) is 24.6 Å². The molecule has 0 saturated heterocycles. The lowest BCUT2D eigenvalue weighted by Crippen LogP contribution is -2.31. The van der Waals surface area contributed by atoms with E-state index in [0.29, 0.717) is 0 Å². The molecule has 3 heterocycles. The number of aromatic amines is 1. The Kier molecular flexibility index (Phi) is 6.14. The van der Waals surface area contributed by atoms with Gasteiger partial charge in [0.25, 0.3) is 0 Å². The second-order valence-electron chi connectivity index (χ2n) is 8.37. The summed E-state index contributed by atoms with van der Waals surface area (Å²) in [4.78, 5) is 5.95. The van der Waals surface area contributed by atoms with Crippen LogP contribution in [0.15, 0.2) is 79.0 Å². The van der Waals surface area contributed by atoms with Crippen molar-refractivity contribution < 1.29 is 4.74 Å². The summed E-state index contributed by atoms with van der Waals surface area (Å²) in [5.41, 5.74) is 6.26. The van der Waals surface area contributed by atoms with Crippen LogP contribution in [0.3, 0.4) is 0 Å². The van der Waals surface area contributed by atoms with Crippen molar-refractivity contribution in [3.05, 3.63) is 90.2 Å². The van der Waals surface area contributed by atoms with Crippen LogP contribution in [0.5, 0.6) is 0 Å². The molecule has 0 amide bonds. The number of H-pyrrole nitrogens is 1. The molecule has 5 rings (SSSR count). The van der Waals surface area contributed by atoms with Gasteiger partial charge in [-0.05, 0) is 60.7 Å². The Morgan fingerprint density at radius 1 is 1.09 bits per heavy atom. The molecule has 0 radical (unpaired) electrons. The van der Waals surface area contributed by atoms with Crippen molar-refractivity contribution in [3.8, 4) is 5.69 Å². The minimum Gasteiger partial charge on any atom is -0.372 e. The van der Waals surface area contributed by atoms with E-state index in [0.717, 1.165) is 44.6 Å². The topological polar surface area (TPSA) is 59.0 Å². The number of aromatic nitrogens is 4. The van der Waals surface area contributed by atoms with Gasteiger partial charge in [0.1, 0.15) is 18.8 Å². The smallest absolute Gasteiger partial charge is 0.123 e. The highest BCUT2D eigenvalue weighted by Crippen LogP contribution is 2.29. The molecule has 4 aromatic rings. The van der Waals surface area contributed by atoms with Crippen molar-refractivity contribution >= 4 is 10.9 Å². The van der Waals surface area contributed by atoms with Gasteiger partial charge in [-0.3, -0.25) is 9.47 Å². The molecule has 6 heteroatoms. The lowest BCUT2D eigenvalue weighted by molar-refractivity contribution is 0.124. The van der Waals surface area contributed by atoms with E-state index >= 15 is 0 Å². The summed E-state index contributed by atoms with van der Waals surface area (Å²) in [6.45, 7) is 3.18. The van der Waals surface area contributed by atoms with Crippen LogP contribution < -0.4 is 0 Å². The van der Waals surface area contributed by atoms with Gasteiger partial charge in [0.2, 0.25) is 0 Å². The van der Waals surface area contributed by atoms with E-state index in [-0.39, 0.29) is 6.10 Å². The fraction of sp³-hybridized carbons (Fsp3) is 0.308. The maximum absolute atomic E-state index is 5.82. The minimum absolute atomic E-state index is 0.0736. The molecule has 1 aliphatic rings. The Morgan fingerprint density at radius 2 is 1.94 bits per heavy atom. The van der Waals surface area contributed by atoms with Crippen LogP contribution in [0.2, 0.25) is 0 Å². The Bertz CT molecular complexity index is 1180. The number of aryl methyl sites for hydroxylation is 1. The van der Waals surface area contributed by atoms with Gasteiger partial charge in [-0.15, -0.1) is 10.2 Å². The van der Waals surface area contributed by atoms with E-state index in [9.17, 15) is 0 Å². The number of fused-ring (bicyclic) bond motifs is 1. The van der Waals surface area contributed by atoms with E-state index < -0.39 is 0 Å². The monoisotopic (exact) mass is 427 g/mol. The predicted molar refractivity (Wildman–Crippen MR) is 127 cm³/mol. The highest BCUT2D eigenvalue weighted by Gasteiger charge is 2.20. The van der Waals surface area contributed by atoms with E-state index in [1.807, 2.05) is 4.57 Å². The van der Waals surface area contributed by atoms with Crippen molar-refractivity contribution in [2.45, 2.75) is 25.4 Å². The molecule has 1 N–H and O–H groups in total. The summed E-state index contributed by atoms with van der Waals surface area (Å²) >= 11 is 0. The van der Waals surface area contributed by atoms with Crippen molar-refractivity contribution in [2.75, 3.05) is 26.7 Å². The maximum atomic E-state index is 5.82. The quantitative estimate of drug-likeness (QED) is 0.414. The molecule has 2 aromatic heterocycles. The lowest BCUT2D eigenvalue weighted by Gasteiger charge is -2.29. The highest BCUT2D eigenvalue weighted by atomic mass is 16.5. The van der Waals surface area contributed by atoms with Crippen LogP contribution in [0.1, 0.15) is 30.1 Å². The molecule has 1 atom stereocenters. The van der Waals surface area contributed by atoms with Gasteiger partial charge in [0.05, 0.1) is 0 Å². The first kappa shape index (κ1) is 20.7. The molecule has 32 heavy (non-hydrogen) atoms. The Hall–Kier alpha value is -3.22. The van der Waals surface area contributed by atoms with Crippen LogP contribution >= 0.6 is 0 Å². The average molecular weight is 428 g/mol. The van der Waals surface area contributed by atoms with Gasteiger partial charge in [0.15, 0.2) is 0 Å². The normalized spacial score (nSPS) is 15.7. The van der Waals surface area contributed by atoms with Crippen LogP contribution in [-0.2, 0) is 11.2 Å². The number of hydrogen-bond donors (Lipinski definition) is 1. The molecule has 0 saturated carbocycles. The number of methoxy groups -OCH3 is 1. The zero-order valence-electron chi connectivity index (χ0n) is 18.4. The zero-order chi connectivity index (χ0) is 21.8. The fourth-order valence-corrected chi connectivity index (χ4v) is 4.66. The molecule has 164 valence electrons. The Labute approximate surface area is 188 Å². The van der Waals surface area contributed by atoms with Crippen LogP contribution in [0.25, 0.3) is 16.6 Å². The van der Waals surface area contributed by atoms with Gasteiger partial charge in [0, 0.05) is 43.0 Å². The number of ether oxygens (including phenoxy) is 1. The van der Waals surface area contributed by atoms with Crippen molar-refractivity contribution in [3.63, 3.8) is 0 Å². The summed E-state index contributed by atoms with van der Waals surface area (Å²) in [7, 11) is 1.81. The van der Waals surface area contributed by atoms with E-state index in [1.54, 1.807) is 19.8 Å². The minimum atomic E-state index is 0.0736. The summed E-state index contributed by atoms with van der Waals surface area (Å²) in [6, 6.07) is 16.9. The van der Waals surface area contributed by atoms with Crippen molar-refractivity contribution in [2.24, 2.45) is 0 Å². The number of benzene rings is 2. The highest BCUT2D eigenvalue weighted by molar-refractivity contribution is 5.85. The van der Waals surface area contributed by atoms with Gasteiger partial charge in [-0.1, -0.05) is 36.4 Å². The first-order chi connectivity index (χ1) is 15.8. The Balaban J connectivity index is 1.19. The molecule has 0 spiro atoms. The van der Waals surface area contributed by atoms with Crippen LogP contribution in [0.4, 0.5) is 0 Å². The van der Waals surface area contributed by atoms with Gasteiger partial charge in [-0.25, -0.2) is 0 Å². The summed E-state index contributed by atoms with van der Waals surface area (Å²) in [5, 5.41) is 9.11. The summed E-state index contributed by atoms with van der Waals surface area (Å²) in [5.74, 6) is 0. The molecule has 1 aliphatic heterocycles. The maximum Gasteiger partial charge on any atom is 0.123 e. The second-order valence-corrected chi connectivity index (χ2v) is 8.37. The van der Waals surface area contributed by atoms with Crippen LogP contribution in [0, 0.1) is 0 Å². The first-order valence-electron chi connectivity index (χ1n) is 11.3. The van der Waals surface area contributed by atoms with E-state index in [1.165, 1.54) is 27.6 Å². The molecule has 0 fully saturated rings. The molecule has 0 aliphatic carbocycles. The number of nitrogens with zero attached hydrogens (tertiary/aromatic N) is 4. The van der Waals surface area contributed by atoms with Crippen molar-refractivity contribution in [1.29, 1.82) is 0 Å². The average Bonchev–Trinajstić information content (AvgIpc) is 3.52. The SMILES string of the molecule is COC(C1=CCN(CCCc2c[nH]c3ccc(-n4cnnc4)cc23)CC1)c1ccccc1. The molecule has 0 bridgehead atoms. The lowest BCUT2D eigenvalue weighted by atomic mass is 9.96. The van der Waals surface area contributed by atoms with Crippen LogP contribution in [-0.4, -0.2) is 51.4 Å². The first-order valence-corrected chi connectivity index (χ1v) is 11.3. The molecule has 6 nitrogen and oxygen atoms in total.